The largest absolute Gasteiger partial charge is 0.468 e. The molecule has 0 bridgehead atoms. The number of methoxy groups -OCH3 is 4. The van der Waals surface area contributed by atoms with Crippen LogP contribution >= 0.6 is 0 Å². The number of carbonyl (C=O) groups excluding carboxylic acids is 6. The van der Waals surface area contributed by atoms with Gasteiger partial charge in [-0.3, -0.25) is 43.5 Å². The van der Waals surface area contributed by atoms with Crippen molar-refractivity contribution in [1.29, 1.82) is 0 Å². The minimum absolute atomic E-state index is 0. The third kappa shape index (κ3) is 26.8. The summed E-state index contributed by atoms with van der Waals surface area (Å²) in [6, 6.07) is 15.3. The number of sulfonamides is 1. The quantitative estimate of drug-likeness (QED) is 0.0201. The summed E-state index contributed by atoms with van der Waals surface area (Å²) >= 11 is 0. The minimum Gasteiger partial charge on any atom is -0.468 e. The van der Waals surface area contributed by atoms with Gasteiger partial charge in [0.05, 0.1) is 89.8 Å². The summed E-state index contributed by atoms with van der Waals surface area (Å²) in [5.74, 6) is -2.32. The van der Waals surface area contributed by atoms with Crippen molar-refractivity contribution in [3.63, 3.8) is 0 Å². The van der Waals surface area contributed by atoms with Gasteiger partial charge in [0, 0.05) is 122 Å². The second kappa shape index (κ2) is 41.0. The number of hydrogen-bond donors (Lipinski definition) is 6. The van der Waals surface area contributed by atoms with Crippen molar-refractivity contribution in [3.8, 4) is 11.1 Å². The molecule has 0 spiro atoms. The van der Waals surface area contributed by atoms with Crippen LogP contribution in [0.25, 0.3) is 22.0 Å². The third-order valence-corrected chi connectivity index (χ3v) is 17.2. The highest BCUT2D eigenvalue weighted by Gasteiger charge is 2.29. The lowest BCUT2D eigenvalue weighted by atomic mass is 10.1. The molecule has 0 saturated carbocycles. The Morgan fingerprint density at radius 1 is 0.638 bits per heavy atom. The number of ether oxygens (including phenoxy) is 7. The molecule has 1 aliphatic heterocycles. The molecule has 1 fully saturated rings. The molecule has 6 N–H and O–H groups in total. The van der Waals surface area contributed by atoms with Crippen LogP contribution in [0.1, 0.15) is 36.2 Å². The third-order valence-electron chi connectivity index (χ3n) is 14.6. The van der Waals surface area contributed by atoms with Crippen molar-refractivity contribution in [2.24, 2.45) is 7.05 Å². The van der Waals surface area contributed by atoms with Gasteiger partial charge in [-0.05, 0) is 79.5 Å². The lowest BCUT2D eigenvalue weighted by Crippen LogP contribution is -2.51. The molecule has 2 aromatic heterocycles. The number of nitrogens with zero attached hydrogens (tertiary/aromatic N) is 6. The second-order valence-corrected chi connectivity index (χ2v) is 25.0. The summed E-state index contributed by atoms with van der Waals surface area (Å²) in [6.07, 6.45) is 7.38. The van der Waals surface area contributed by atoms with Gasteiger partial charge in [-0.1, -0.05) is 37.8 Å². The number of benzene rings is 3. The van der Waals surface area contributed by atoms with E-state index >= 15 is 0 Å². The van der Waals surface area contributed by atoms with E-state index in [9.17, 15) is 50.4 Å². The number of aryl methyl sites for hydroxylation is 1. The summed E-state index contributed by atoms with van der Waals surface area (Å²) in [5, 5.41) is 11.9. The zero-order valence-corrected chi connectivity index (χ0v) is 55.4. The maximum Gasteiger partial charge on any atom is 0.325 e. The average Bonchev–Trinajstić information content (AvgIpc) is 0.807. The molecular formula is C62H92N12O18S2. The normalized spacial score (nSPS) is 14.0. The number of esters is 4. The lowest BCUT2D eigenvalue weighted by Gasteiger charge is -2.33. The van der Waals surface area contributed by atoms with E-state index in [0.29, 0.717) is 139 Å². The minimum atomic E-state index is -4.28. The molecule has 1 saturated heterocycles. The number of carbonyl (C=O) groups is 6. The first-order valence-electron chi connectivity index (χ1n) is 30.0. The molecule has 6 rings (SSSR count). The van der Waals surface area contributed by atoms with Crippen LogP contribution in [0.5, 0.6) is 0 Å². The van der Waals surface area contributed by atoms with Crippen LogP contribution in [-0.4, -0.2) is 266 Å². The number of aromatic amines is 1. The standard InChI is InChI=1S/C32H32N6O8S2.C29H56N6O10.CH4/c1-38-19-26(29(39)25-13-4-20(16-28(25)38)17-36-32-33-14-15-34-32)30(40)35-18-27(31(41)46-2)37-48(44,45)24-11-7-22(8-12-24)21-5-9-23(10-6-21)47(3,42)43;1-30-7-5-17-43-19-21-45-22-20-44-18-6-8-31-29(39)35-15-13-33(24-27(37)41-3)11-9-32(23-26(36)40-2)10-12-34(14-16-35)25-28(38)42-4;/h4-16,19,27,37H,17-18H2,1-3H3,(H,35,40)(H2,33,34,36);30H,5-25H2,1-4H3,(H,31,39);1H4. The van der Waals surface area contributed by atoms with Crippen molar-refractivity contribution in [2.75, 3.05) is 178 Å². The number of urea groups is 1. The monoisotopic (exact) mass is 1360 g/mol. The van der Waals surface area contributed by atoms with Crippen LogP contribution in [-0.2, 0) is 85.8 Å². The lowest BCUT2D eigenvalue weighted by molar-refractivity contribution is -0.144. The fraction of sp³-hybridized carbons (Fsp3) is 0.516. The molecule has 32 heteroatoms. The van der Waals surface area contributed by atoms with Gasteiger partial charge in [-0.15, -0.1) is 0 Å². The number of nitrogens with one attached hydrogen (secondary N) is 6. The molecule has 1 atom stereocenters. The van der Waals surface area contributed by atoms with Gasteiger partial charge >= 0.3 is 29.9 Å². The Morgan fingerprint density at radius 3 is 1.62 bits per heavy atom. The first-order valence-corrected chi connectivity index (χ1v) is 33.4. The topological polar surface area (TPSA) is 359 Å². The summed E-state index contributed by atoms with van der Waals surface area (Å²) in [6.45, 7) is 8.06. The van der Waals surface area contributed by atoms with Crippen LogP contribution in [0, 0.1) is 0 Å². The van der Waals surface area contributed by atoms with Crippen LogP contribution in [0.3, 0.4) is 0 Å². The Morgan fingerprint density at radius 2 is 1.14 bits per heavy atom. The molecule has 3 aromatic carbocycles. The maximum atomic E-state index is 13.3. The van der Waals surface area contributed by atoms with Gasteiger partial charge in [-0.25, -0.2) is 26.6 Å². The SMILES string of the molecule is C.CNCCCOCCOCCOCCCNC(=O)N1CCN(CC(=O)OC)CCN(CC(=O)OC)CCN(CC(=O)OC)CC1.COC(=O)C(CNC(=O)c1cn(C)c2cc(CNc3ncc[nH]3)ccc2c1=O)NS(=O)(=O)c1ccc(-c2ccc(S(C)(=O)=O)cc2)cc1. The number of imidazole rings is 1. The van der Waals surface area contributed by atoms with Gasteiger partial charge in [0.15, 0.2) is 15.8 Å². The molecular weight excluding hydrogens is 1260 g/mol. The van der Waals surface area contributed by atoms with Gasteiger partial charge in [-0.2, -0.15) is 4.72 Å². The van der Waals surface area contributed by atoms with Crippen molar-refractivity contribution < 1.29 is 78.8 Å². The predicted molar refractivity (Wildman–Crippen MR) is 351 cm³/mol. The molecule has 0 radical (unpaired) electrons. The zero-order chi connectivity index (χ0) is 67.8. The number of pyridine rings is 1. The van der Waals surface area contributed by atoms with E-state index < -0.39 is 49.8 Å². The Bertz CT molecular complexity index is 3440. The van der Waals surface area contributed by atoms with E-state index in [1.54, 1.807) is 53.2 Å². The van der Waals surface area contributed by atoms with Gasteiger partial charge in [0.2, 0.25) is 15.5 Å². The highest BCUT2D eigenvalue weighted by Crippen LogP contribution is 2.24. The molecule has 0 aliphatic carbocycles. The molecule has 94 heavy (non-hydrogen) atoms. The summed E-state index contributed by atoms with van der Waals surface area (Å²) in [4.78, 5) is 103. The van der Waals surface area contributed by atoms with E-state index in [0.717, 1.165) is 31.9 Å². The maximum absolute atomic E-state index is 13.3. The predicted octanol–water partition coefficient (Wildman–Crippen LogP) is 1.32. The van der Waals surface area contributed by atoms with Crippen molar-refractivity contribution in [2.45, 2.75) is 42.6 Å². The molecule has 1 unspecified atom stereocenters. The molecule has 30 nitrogen and oxygen atoms in total. The van der Waals surface area contributed by atoms with E-state index in [4.69, 9.17) is 33.2 Å². The number of amides is 3. The summed E-state index contributed by atoms with van der Waals surface area (Å²) in [5.41, 5.74) is 2.02. The van der Waals surface area contributed by atoms with Gasteiger partial charge < -0.3 is 68.9 Å². The summed E-state index contributed by atoms with van der Waals surface area (Å²) < 4.78 is 89.7. The molecule has 520 valence electrons. The van der Waals surface area contributed by atoms with Crippen LogP contribution in [0.15, 0.2) is 99.9 Å². The number of H-pyrrole nitrogens is 1. The summed E-state index contributed by atoms with van der Waals surface area (Å²) in [7, 11) is 1.02. The van der Waals surface area contributed by atoms with Gasteiger partial charge in [0.1, 0.15) is 11.6 Å². The average molecular weight is 1360 g/mol. The molecule has 1 aliphatic rings. The Kier molecular flexibility index (Phi) is 34.3. The van der Waals surface area contributed by atoms with E-state index in [2.05, 4.69) is 36.0 Å². The second-order valence-electron chi connectivity index (χ2n) is 21.3. The van der Waals surface area contributed by atoms with Crippen LogP contribution in [0.2, 0.25) is 0 Å². The van der Waals surface area contributed by atoms with Crippen molar-refractivity contribution in [3.05, 3.63) is 107 Å². The first kappa shape index (κ1) is 78.5. The highest BCUT2D eigenvalue weighted by atomic mass is 32.2. The van der Waals surface area contributed by atoms with Crippen molar-refractivity contribution >= 4 is 72.5 Å². The zero-order valence-electron chi connectivity index (χ0n) is 53.8. The molecule has 3 amide bonds. The van der Waals surface area contributed by atoms with E-state index in [-0.39, 0.29) is 66.4 Å². The van der Waals surface area contributed by atoms with Crippen molar-refractivity contribution in [1.82, 2.24) is 54.8 Å². The molecule has 5 aromatic rings. The number of rotatable bonds is 32. The Labute approximate surface area is 549 Å². The Hall–Kier alpha value is -7.92. The number of fused-ring (bicyclic) bond motifs is 1. The van der Waals surface area contributed by atoms with E-state index in [1.807, 2.05) is 27.8 Å². The number of hydrogen-bond acceptors (Lipinski definition) is 24. The molecule has 3 heterocycles. The number of anilines is 1. The Balaban J connectivity index is 0.000000397. The smallest absolute Gasteiger partial charge is 0.325 e. The highest BCUT2D eigenvalue weighted by molar-refractivity contribution is 7.90. The van der Waals surface area contributed by atoms with E-state index in [1.165, 1.54) is 63.9 Å². The van der Waals surface area contributed by atoms with Crippen LogP contribution in [0.4, 0.5) is 10.7 Å². The van der Waals surface area contributed by atoms with Gasteiger partial charge in [0.25, 0.3) is 5.91 Å². The first-order chi connectivity index (χ1) is 44.6. The fourth-order valence-corrected chi connectivity index (χ4v) is 11.1. The number of sulfone groups is 1. The number of aromatic nitrogens is 3. The van der Waals surface area contributed by atoms with Crippen LogP contribution < -0.4 is 31.4 Å². The fourth-order valence-electron chi connectivity index (χ4n) is 9.26.